The Kier molecular flexibility index (Phi) is 15.1. The second-order valence-electron chi connectivity index (χ2n) is 6.93. The topological polar surface area (TPSA) is 56.7 Å². The normalized spacial score (nSPS) is 12.6. The average molecular weight is 511 g/mol. The number of thioether (sulfide) groups is 1. The average Bonchev–Trinajstić information content (AvgIpc) is 2.58. The predicted octanol–water partition coefficient (Wildman–Crippen LogP) is 4.41. The van der Waals surface area contributed by atoms with Gasteiger partial charge in [-0.25, -0.2) is 9.38 Å². The Labute approximate surface area is 185 Å². The standard InChI is InChI=1S/C20H34FN3OS.HI/c1-5-22-20(23-12-16(8-9-25)10-15(2)3)24-13-17-6-7-19(21)11-18(17)14-26-4;/h6-7,11,15-16,25H,5,8-10,12-14H2,1-4H3,(H2,22,23,24);1H. The summed E-state index contributed by atoms with van der Waals surface area (Å²) < 4.78 is 13.5. The summed E-state index contributed by atoms with van der Waals surface area (Å²) >= 11 is 1.68. The summed E-state index contributed by atoms with van der Waals surface area (Å²) in [4.78, 5) is 4.67. The Morgan fingerprint density at radius 1 is 1.26 bits per heavy atom. The van der Waals surface area contributed by atoms with Crippen LogP contribution in [-0.2, 0) is 12.3 Å². The molecular formula is C20H35FIN3OS. The van der Waals surface area contributed by atoms with Crippen LogP contribution in [0, 0.1) is 17.7 Å². The van der Waals surface area contributed by atoms with Gasteiger partial charge in [0.25, 0.3) is 0 Å². The van der Waals surface area contributed by atoms with Crippen LogP contribution in [0.1, 0.15) is 44.7 Å². The zero-order valence-corrected chi connectivity index (χ0v) is 20.1. The van der Waals surface area contributed by atoms with Gasteiger partial charge >= 0.3 is 0 Å². The molecule has 0 aromatic heterocycles. The number of benzene rings is 1. The Bertz CT molecular complexity index is 558. The number of aliphatic hydroxyl groups excluding tert-OH is 1. The third-order valence-corrected chi connectivity index (χ3v) is 4.72. The molecule has 0 saturated carbocycles. The third-order valence-electron chi connectivity index (χ3n) is 4.12. The van der Waals surface area contributed by atoms with Crippen LogP contribution in [0.4, 0.5) is 4.39 Å². The second kappa shape index (κ2) is 15.4. The van der Waals surface area contributed by atoms with Crippen molar-refractivity contribution in [3.05, 3.63) is 35.1 Å². The van der Waals surface area contributed by atoms with Gasteiger partial charge in [0.1, 0.15) is 5.82 Å². The maximum Gasteiger partial charge on any atom is 0.191 e. The molecule has 7 heteroatoms. The SMILES string of the molecule is CCNC(=NCc1ccc(F)cc1CSC)NCC(CCO)CC(C)C.I. The van der Waals surface area contributed by atoms with Crippen molar-refractivity contribution in [2.24, 2.45) is 16.8 Å². The molecular weight excluding hydrogens is 476 g/mol. The Morgan fingerprint density at radius 2 is 2.00 bits per heavy atom. The lowest BCUT2D eigenvalue weighted by atomic mass is 9.94. The van der Waals surface area contributed by atoms with Gasteiger partial charge in [0.2, 0.25) is 0 Å². The number of hydrogen-bond acceptors (Lipinski definition) is 3. The van der Waals surface area contributed by atoms with Crippen LogP contribution in [0.25, 0.3) is 0 Å². The largest absolute Gasteiger partial charge is 0.396 e. The second-order valence-corrected chi connectivity index (χ2v) is 7.80. The molecule has 0 aliphatic carbocycles. The molecule has 0 aliphatic heterocycles. The van der Waals surface area contributed by atoms with Crippen LogP contribution in [0.15, 0.2) is 23.2 Å². The van der Waals surface area contributed by atoms with Gasteiger partial charge < -0.3 is 15.7 Å². The van der Waals surface area contributed by atoms with Crippen molar-refractivity contribution in [2.45, 2.75) is 45.9 Å². The summed E-state index contributed by atoms with van der Waals surface area (Å²) in [6.45, 7) is 8.72. The molecule has 1 aromatic carbocycles. The summed E-state index contributed by atoms with van der Waals surface area (Å²) in [6, 6.07) is 4.91. The monoisotopic (exact) mass is 511 g/mol. The lowest BCUT2D eigenvalue weighted by Gasteiger charge is -2.20. The van der Waals surface area contributed by atoms with Gasteiger partial charge in [-0.3, -0.25) is 0 Å². The molecule has 1 atom stereocenters. The van der Waals surface area contributed by atoms with E-state index in [9.17, 15) is 9.50 Å². The van der Waals surface area contributed by atoms with Crippen LogP contribution in [0.3, 0.4) is 0 Å². The highest BCUT2D eigenvalue weighted by Gasteiger charge is 2.11. The van der Waals surface area contributed by atoms with E-state index in [0.29, 0.717) is 18.4 Å². The zero-order valence-electron chi connectivity index (χ0n) is 16.9. The van der Waals surface area contributed by atoms with Gasteiger partial charge in [0.15, 0.2) is 5.96 Å². The molecule has 0 bridgehead atoms. The lowest BCUT2D eigenvalue weighted by molar-refractivity contribution is 0.243. The van der Waals surface area contributed by atoms with Gasteiger partial charge in [-0.2, -0.15) is 11.8 Å². The molecule has 3 N–H and O–H groups in total. The van der Waals surface area contributed by atoms with E-state index >= 15 is 0 Å². The highest BCUT2D eigenvalue weighted by molar-refractivity contribution is 14.0. The van der Waals surface area contributed by atoms with Crippen molar-refractivity contribution in [3.8, 4) is 0 Å². The summed E-state index contributed by atoms with van der Waals surface area (Å²) in [7, 11) is 0. The van der Waals surface area contributed by atoms with E-state index in [-0.39, 0.29) is 36.4 Å². The highest BCUT2D eigenvalue weighted by atomic mass is 127. The van der Waals surface area contributed by atoms with E-state index in [4.69, 9.17) is 0 Å². The first-order valence-electron chi connectivity index (χ1n) is 9.39. The minimum Gasteiger partial charge on any atom is -0.396 e. The number of rotatable bonds is 11. The van der Waals surface area contributed by atoms with E-state index in [1.165, 1.54) is 6.07 Å². The minimum atomic E-state index is -0.202. The van der Waals surface area contributed by atoms with E-state index < -0.39 is 0 Å². The molecule has 0 spiro atoms. The number of halogens is 2. The van der Waals surface area contributed by atoms with E-state index in [0.717, 1.165) is 48.8 Å². The fourth-order valence-corrected chi connectivity index (χ4v) is 3.52. The zero-order chi connectivity index (χ0) is 19.4. The van der Waals surface area contributed by atoms with E-state index in [2.05, 4.69) is 29.5 Å². The molecule has 27 heavy (non-hydrogen) atoms. The van der Waals surface area contributed by atoms with Gasteiger partial charge in [-0.05, 0) is 61.1 Å². The smallest absolute Gasteiger partial charge is 0.191 e. The van der Waals surface area contributed by atoms with Crippen LogP contribution in [0.2, 0.25) is 0 Å². The van der Waals surface area contributed by atoms with Crippen molar-refractivity contribution in [2.75, 3.05) is 26.0 Å². The molecule has 0 fully saturated rings. The van der Waals surface area contributed by atoms with Gasteiger partial charge in [-0.1, -0.05) is 19.9 Å². The number of guanidine groups is 1. The number of hydrogen-bond donors (Lipinski definition) is 3. The Hall–Kier alpha value is -0.540. The summed E-state index contributed by atoms with van der Waals surface area (Å²) in [5.74, 6) is 2.35. The molecule has 0 radical (unpaired) electrons. The molecule has 156 valence electrons. The van der Waals surface area contributed by atoms with Gasteiger partial charge in [0.05, 0.1) is 6.54 Å². The van der Waals surface area contributed by atoms with E-state index in [1.807, 2.05) is 19.2 Å². The van der Waals surface area contributed by atoms with Crippen molar-refractivity contribution >= 4 is 41.7 Å². The molecule has 4 nitrogen and oxygen atoms in total. The lowest BCUT2D eigenvalue weighted by Crippen LogP contribution is -2.40. The summed E-state index contributed by atoms with van der Waals surface area (Å²) in [6.07, 6.45) is 3.88. The Balaban J connectivity index is 0.00000676. The first kappa shape index (κ1) is 26.5. The maximum atomic E-state index is 13.5. The molecule has 0 saturated heterocycles. The van der Waals surface area contributed by atoms with Crippen LogP contribution in [0.5, 0.6) is 0 Å². The minimum absolute atomic E-state index is 0. The summed E-state index contributed by atoms with van der Waals surface area (Å²) in [5.41, 5.74) is 2.04. The molecule has 0 heterocycles. The molecule has 0 aliphatic rings. The highest BCUT2D eigenvalue weighted by Crippen LogP contribution is 2.18. The maximum absolute atomic E-state index is 13.5. The van der Waals surface area contributed by atoms with E-state index in [1.54, 1.807) is 17.8 Å². The number of aliphatic imine (C=N–C) groups is 1. The number of aliphatic hydroxyl groups is 1. The molecule has 1 rings (SSSR count). The third kappa shape index (κ3) is 11.1. The fraction of sp³-hybridized carbons (Fsp3) is 0.650. The molecule has 1 unspecified atom stereocenters. The van der Waals surface area contributed by atoms with Crippen LogP contribution >= 0.6 is 35.7 Å². The fourth-order valence-electron chi connectivity index (χ4n) is 2.94. The van der Waals surface area contributed by atoms with Gasteiger partial charge in [0, 0.05) is 25.4 Å². The first-order chi connectivity index (χ1) is 12.5. The number of nitrogens with one attached hydrogen (secondary N) is 2. The summed E-state index contributed by atoms with van der Waals surface area (Å²) in [5, 5.41) is 15.9. The van der Waals surface area contributed by atoms with Crippen molar-refractivity contribution in [1.29, 1.82) is 0 Å². The van der Waals surface area contributed by atoms with Crippen molar-refractivity contribution in [1.82, 2.24) is 10.6 Å². The Morgan fingerprint density at radius 3 is 2.59 bits per heavy atom. The van der Waals surface area contributed by atoms with Crippen LogP contribution < -0.4 is 10.6 Å². The molecule has 0 amide bonds. The number of nitrogens with zero attached hydrogens (tertiary/aromatic N) is 1. The van der Waals surface area contributed by atoms with Crippen molar-refractivity contribution in [3.63, 3.8) is 0 Å². The predicted molar refractivity (Wildman–Crippen MR) is 127 cm³/mol. The quantitative estimate of drug-likeness (QED) is 0.234. The van der Waals surface area contributed by atoms with Crippen LogP contribution in [-0.4, -0.2) is 37.0 Å². The first-order valence-corrected chi connectivity index (χ1v) is 10.8. The molecule has 1 aromatic rings. The van der Waals surface area contributed by atoms with Crippen molar-refractivity contribution < 1.29 is 9.50 Å². The van der Waals surface area contributed by atoms with Gasteiger partial charge in [-0.15, -0.1) is 24.0 Å².